The molecule has 0 amide bonds. The van der Waals surface area contributed by atoms with Crippen LogP contribution in [0.4, 0.5) is 5.82 Å². The first-order chi connectivity index (χ1) is 9.72. The number of rotatable bonds is 8. The monoisotopic (exact) mass is 361 g/mol. The number of halogens is 1. The van der Waals surface area contributed by atoms with Crippen molar-refractivity contribution in [1.29, 1.82) is 0 Å². The zero-order chi connectivity index (χ0) is 14.5. The van der Waals surface area contributed by atoms with E-state index in [-0.39, 0.29) is 6.04 Å². The van der Waals surface area contributed by atoms with Gasteiger partial charge in [-0.3, -0.25) is 4.40 Å². The fraction of sp³-hybridized carbons (Fsp3) is 0.615. The molecule has 2 heterocycles. The molecule has 1 unspecified atom stereocenters. The zero-order valence-electron chi connectivity index (χ0n) is 12.0. The third-order valence-electron chi connectivity index (χ3n) is 3.21. The average Bonchev–Trinajstić information content (AvgIpc) is 2.99. The SMILES string of the molecule is COCCN(c1nc2sccn2c1CBr)C(C)COC. The first-order valence-electron chi connectivity index (χ1n) is 6.47. The van der Waals surface area contributed by atoms with Gasteiger partial charge in [-0.05, 0) is 6.92 Å². The molecule has 0 aromatic carbocycles. The molecule has 2 aromatic rings. The molecule has 7 heteroatoms. The lowest BCUT2D eigenvalue weighted by Crippen LogP contribution is -2.39. The van der Waals surface area contributed by atoms with Crippen molar-refractivity contribution in [2.45, 2.75) is 18.3 Å². The number of methoxy groups -OCH3 is 2. The largest absolute Gasteiger partial charge is 0.383 e. The number of ether oxygens (including phenoxy) is 2. The lowest BCUT2D eigenvalue weighted by Gasteiger charge is -2.29. The van der Waals surface area contributed by atoms with Crippen molar-refractivity contribution in [3.8, 4) is 0 Å². The number of thiazole rings is 1. The van der Waals surface area contributed by atoms with Crippen LogP contribution in [0.25, 0.3) is 4.96 Å². The topological polar surface area (TPSA) is 39.0 Å². The van der Waals surface area contributed by atoms with E-state index >= 15 is 0 Å². The van der Waals surface area contributed by atoms with Crippen LogP contribution < -0.4 is 4.90 Å². The molecule has 0 spiro atoms. The Morgan fingerprint density at radius 2 is 2.25 bits per heavy atom. The average molecular weight is 362 g/mol. The van der Waals surface area contributed by atoms with Gasteiger partial charge >= 0.3 is 0 Å². The van der Waals surface area contributed by atoms with Crippen LogP contribution in [0.1, 0.15) is 12.6 Å². The van der Waals surface area contributed by atoms with Gasteiger partial charge in [0.05, 0.1) is 24.9 Å². The second-order valence-electron chi connectivity index (χ2n) is 4.56. The van der Waals surface area contributed by atoms with Gasteiger partial charge in [0.2, 0.25) is 0 Å². The molecule has 0 aliphatic heterocycles. The van der Waals surface area contributed by atoms with Gasteiger partial charge in [0, 0.05) is 37.7 Å². The summed E-state index contributed by atoms with van der Waals surface area (Å²) in [5, 5.41) is 2.82. The highest BCUT2D eigenvalue weighted by molar-refractivity contribution is 9.08. The van der Waals surface area contributed by atoms with Crippen LogP contribution in [0, 0.1) is 0 Å². The standard InChI is InChI=1S/C13H20BrN3O2S/c1-10(9-19-3)16(4-6-18-2)12-11(8-14)17-5-7-20-13(17)15-12/h5,7,10H,4,6,8-9H2,1-3H3. The van der Waals surface area contributed by atoms with Gasteiger partial charge < -0.3 is 14.4 Å². The Bertz CT molecular complexity index is 543. The number of aromatic nitrogens is 2. The summed E-state index contributed by atoms with van der Waals surface area (Å²) in [5.41, 5.74) is 1.17. The van der Waals surface area contributed by atoms with E-state index in [2.05, 4.69) is 43.7 Å². The minimum Gasteiger partial charge on any atom is -0.383 e. The van der Waals surface area contributed by atoms with Crippen molar-refractivity contribution in [3.05, 3.63) is 17.3 Å². The third kappa shape index (κ3) is 3.16. The molecule has 0 saturated carbocycles. The summed E-state index contributed by atoms with van der Waals surface area (Å²) in [5.74, 6) is 1.01. The molecular weight excluding hydrogens is 342 g/mol. The highest BCUT2D eigenvalue weighted by Crippen LogP contribution is 2.27. The molecule has 112 valence electrons. The zero-order valence-corrected chi connectivity index (χ0v) is 14.4. The molecule has 0 aliphatic rings. The van der Waals surface area contributed by atoms with Crippen LogP contribution in [0.15, 0.2) is 11.6 Å². The molecule has 0 saturated heterocycles. The fourth-order valence-electron chi connectivity index (χ4n) is 2.23. The van der Waals surface area contributed by atoms with E-state index in [4.69, 9.17) is 14.5 Å². The molecule has 0 fully saturated rings. The molecule has 0 radical (unpaired) electrons. The first kappa shape index (κ1) is 15.8. The highest BCUT2D eigenvalue weighted by atomic mass is 79.9. The van der Waals surface area contributed by atoms with Crippen LogP contribution in [0.2, 0.25) is 0 Å². The van der Waals surface area contributed by atoms with Crippen LogP contribution in [-0.2, 0) is 14.8 Å². The Labute approximate surface area is 131 Å². The third-order valence-corrected chi connectivity index (χ3v) is 4.50. The molecule has 20 heavy (non-hydrogen) atoms. The Balaban J connectivity index is 2.35. The Kier molecular flexibility index (Phi) is 5.83. The summed E-state index contributed by atoms with van der Waals surface area (Å²) >= 11 is 5.22. The van der Waals surface area contributed by atoms with Gasteiger partial charge in [-0.1, -0.05) is 15.9 Å². The number of fused-ring (bicyclic) bond motifs is 1. The summed E-state index contributed by atoms with van der Waals surface area (Å²) in [6.45, 7) is 4.27. The summed E-state index contributed by atoms with van der Waals surface area (Å²) < 4.78 is 12.6. The Morgan fingerprint density at radius 3 is 2.90 bits per heavy atom. The summed E-state index contributed by atoms with van der Waals surface area (Å²) in [6, 6.07) is 0.248. The molecule has 2 aromatic heterocycles. The number of anilines is 1. The van der Waals surface area contributed by atoms with Crippen LogP contribution in [-0.4, -0.2) is 49.4 Å². The lowest BCUT2D eigenvalue weighted by molar-refractivity contribution is 0.170. The maximum Gasteiger partial charge on any atom is 0.195 e. The van der Waals surface area contributed by atoms with E-state index < -0.39 is 0 Å². The summed E-state index contributed by atoms with van der Waals surface area (Å²) in [7, 11) is 3.44. The number of nitrogens with zero attached hydrogens (tertiary/aromatic N) is 3. The highest BCUT2D eigenvalue weighted by Gasteiger charge is 2.22. The van der Waals surface area contributed by atoms with E-state index in [1.807, 2.05) is 0 Å². The normalized spacial score (nSPS) is 13.0. The lowest BCUT2D eigenvalue weighted by atomic mass is 10.2. The minimum absolute atomic E-state index is 0.248. The molecule has 0 N–H and O–H groups in total. The van der Waals surface area contributed by atoms with Gasteiger partial charge in [-0.25, -0.2) is 4.98 Å². The van der Waals surface area contributed by atoms with E-state index in [9.17, 15) is 0 Å². The second kappa shape index (κ2) is 7.40. The molecular formula is C13H20BrN3O2S. The number of imidazole rings is 1. The molecule has 0 aliphatic carbocycles. The van der Waals surface area contributed by atoms with Crippen LogP contribution >= 0.6 is 27.3 Å². The van der Waals surface area contributed by atoms with Gasteiger partial charge in [0.1, 0.15) is 0 Å². The molecule has 0 bridgehead atoms. The van der Waals surface area contributed by atoms with Crippen LogP contribution in [0.5, 0.6) is 0 Å². The van der Waals surface area contributed by atoms with Crippen molar-refractivity contribution in [2.75, 3.05) is 38.9 Å². The number of hydrogen-bond donors (Lipinski definition) is 0. The minimum atomic E-state index is 0.248. The summed E-state index contributed by atoms with van der Waals surface area (Å²) in [6.07, 6.45) is 2.06. The Morgan fingerprint density at radius 1 is 1.45 bits per heavy atom. The fourth-order valence-corrected chi connectivity index (χ4v) is 3.48. The Hall–Kier alpha value is -0.630. The van der Waals surface area contributed by atoms with Crippen molar-refractivity contribution in [1.82, 2.24) is 9.38 Å². The molecule has 2 rings (SSSR count). The van der Waals surface area contributed by atoms with Gasteiger partial charge in [0.25, 0.3) is 0 Å². The van der Waals surface area contributed by atoms with Gasteiger partial charge in [0.15, 0.2) is 10.8 Å². The maximum absolute atomic E-state index is 5.29. The smallest absolute Gasteiger partial charge is 0.195 e. The second-order valence-corrected chi connectivity index (χ2v) is 6.00. The molecule has 1 atom stereocenters. The van der Waals surface area contributed by atoms with Gasteiger partial charge in [-0.15, -0.1) is 11.3 Å². The van der Waals surface area contributed by atoms with Gasteiger partial charge in [-0.2, -0.15) is 0 Å². The number of alkyl halides is 1. The van der Waals surface area contributed by atoms with Crippen molar-refractivity contribution in [2.24, 2.45) is 0 Å². The predicted octanol–water partition coefficient (Wildman–Crippen LogP) is 2.78. The van der Waals surface area contributed by atoms with Crippen molar-refractivity contribution in [3.63, 3.8) is 0 Å². The van der Waals surface area contributed by atoms with E-state index in [0.717, 1.165) is 22.7 Å². The van der Waals surface area contributed by atoms with E-state index in [1.54, 1.807) is 25.6 Å². The molecule has 5 nitrogen and oxygen atoms in total. The number of hydrogen-bond acceptors (Lipinski definition) is 5. The van der Waals surface area contributed by atoms with Crippen LogP contribution in [0.3, 0.4) is 0 Å². The first-order valence-corrected chi connectivity index (χ1v) is 8.48. The maximum atomic E-state index is 5.29. The van der Waals surface area contributed by atoms with E-state index in [0.29, 0.717) is 13.2 Å². The quantitative estimate of drug-likeness (QED) is 0.677. The van der Waals surface area contributed by atoms with Crippen molar-refractivity contribution < 1.29 is 9.47 Å². The van der Waals surface area contributed by atoms with E-state index in [1.165, 1.54) is 5.69 Å². The summed E-state index contributed by atoms with van der Waals surface area (Å²) in [4.78, 5) is 8.03. The van der Waals surface area contributed by atoms with Crippen molar-refractivity contribution >= 4 is 38.0 Å². The predicted molar refractivity (Wildman–Crippen MR) is 86.3 cm³/mol.